The van der Waals surface area contributed by atoms with Crippen molar-refractivity contribution in [2.75, 3.05) is 0 Å². The Kier molecular flexibility index (Phi) is 4.44. The van der Waals surface area contributed by atoms with Gasteiger partial charge in [0.2, 0.25) is 0 Å². The van der Waals surface area contributed by atoms with Crippen LogP contribution < -0.4 is 0 Å². The van der Waals surface area contributed by atoms with Gasteiger partial charge in [0.1, 0.15) is 5.82 Å². The van der Waals surface area contributed by atoms with Crippen LogP contribution in [0.3, 0.4) is 0 Å². The molecule has 136 valence electrons. The van der Waals surface area contributed by atoms with Crippen LogP contribution in [-0.4, -0.2) is 25.4 Å². The highest BCUT2D eigenvalue weighted by Gasteiger charge is 2.25. The van der Waals surface area contributed by atoms with Gasteiger partial charge in [0.05, 0.1) is 11.2 Å². The average molecular weight is 372 g/mol. The molecular weight excluding hydrogens is 350 g/mol. The number of halogens is 1. The molecule has 1 aromatic carbocycles. The molecule has 3 rings (SSSR count). The Morgan fingerprint density at radius 3 is 2.58 bits per heavy atom. The van der Waals surface area contributed by atoms with Crippen molar-refractivity contribution < 1.29 is 9.90 Å². The number of fused-ring (bicyclic) bond motifs is 1. The number of aromatic nitrogens is 3. The summed E-state index contributed by atoms with van der Waals surface area (Å²) in [7, 11) is 1.86. The second-order valence-corrected chi connectivity index (χ2v) is 7.88. The van der Waals surface area contributed by atoms with Crippen molar-refractivity contribution >= 4 is 34.5 Å². The number of carbonyl (C=O) groups is 1. The first-order valence-electron chi connectivity index (χ1n) is 8.35. The first-order chi connectivity index (χ1) is 12.1. The molecule has 0 spiro atoms. The van der Waals surface area contributed by atoms with Gasteiger partial charge in [-0.3, -0.25) is 4.68 Å². The minimum absolute atomic E-state index is 0.342. The lowest BCUT2D eigenvalue weighted by molar-refractivity contribution is -0.133. The summed E-state index contributed by atoms with van der Waals surface area (Å²) >= 11 is 6.09. The monoisotopic (exact) mass is 371 g/mol. The molecular formula is C20H22ClN3O2. The summed E-state index contributed by atoms with van der Waals surface area (Å²) < 4.78 is 3.79. The van der Waals surface area contributed by atoms with Crippen LogP contribution in [0.5, 0.6) is 0 Å². The van der Waals surface area contributed by atoms with E-state index in [-0.39, 0.29) is 0 Å². The van der Waals surface area contributed by atoms with Gasteiger partial charge in [-0.2, -0.15) is 5.10 Å². The zero-order valence-corrected chi connectivity index (χ0v) is 16.3. The standard InChI is InChI=1S/C20H22ClN3O2/c1-12-15(11-16(19(25)26)20(2,3)4)18(23(5)22-12)24-9-8-13-10-14(21)6-7-17(13)24/h6-11H,1-5H3,(H,25,26). The average Bonchev–Trinajstić information content (AvgIpc) is 3.03. The van der Waals surface area contributed by atoms with E-state index in [1.807, 2.05) is 69.8 Å². The zero-order chi connectivity index (χ0) is 19.2. The predicted molar refractivity (Wildman–Crippen MR) is 105 cm³/mol. The van der Waals surface area contributed by atoms with Crippen molar-refractivity contribution in [3.8, 4) is 5.82 Å². The number of aryl methyl sites for hydroxylation is 2. The van der Waals surface area contributed by atoms with E-state index in [9.17, 15) is 9.90 Å². The van der Waals surface area contributed by atoms with Crippen LogP contribution in [0.2, 0.25) is 5.02 Å². The minimum atomic E-state index is -0.921. The third-order valence-corrected chi connectivity index (χ3v) is 4.68. The third-order valence-electron chi connectivity index (χ3n) is 4.44. The van der Waals surface area contributed by atoms with Gasteiger partial charge in [0.25, 0.3) is 0 Å². The lowest BCUT2D eigenvalue weighted by Crippen LogP contribution is -2.17. The second kappa shape index (κ2) is 6.32. The Morgan fingerprint density at radius 2 is 1.96 bits per heavy atom. The molecule has 3 aromatic rings. The van der Waals surface area contributed by atoms with Crippen molar-refractivity contribution in [3.63, 3.8) is 0 Å². The molecule has 0 saturated carbocycles. The van der Waals surface area contributed by atoms with Crippen LogP contribution in [0.4, 0.5) is 0 Å². The molecule has 0 radical (unpaired) electrons. The van der Waals surface area contributed by atoms with Crippen LogP contribution in [0.25, 0.3) is 22.8 Å². The summed E-state index contributed by atoms with van der Waals surface area (Å²) in [5.41, 5.74) is 2.42. The lowest BCUT2D eigenvalue weighted by atomic mass is 9.85. The van der Waals surface area contributed by atoms with E-state index in [0.717, 1.165) is 28.0 Å². The van der Waals surface area contributed by atoms with Gasteiger partial charge in [-0.15, -0.1) is 0 Å². The Balaban J connectivity index is 2.28. The molecule has 6 heteroatoms. The highest BCUT2D eigenvalue weighted by Crippen LogP contribution is 2.32. The quantitative estimate of drug-likeness (QED) is 0.670. The van der Waals surface area contributed by atoms with Crippen LogP contribution in [0.1, 0.15) is 32.0 Å². The number of rotatable bonds is 3. The highest BCUT2D eigenvalue weighted by molar-refractivity contribution is 6.31. The lowest BCUT2D eigenvalue weighted by Gasteiger charge is -2.19. The fourth-order valence-electron chi connectivity index (χ4n) is 3.16. The number of carboxylic acids is 1. The summed E-state index contributed by atoms with van der Waals surface area (Å²) in [6, 6.07) is 7.69. The largest absolute Gasteiger partial charge is 0.478 e. The van der Waals surface area contributed by atoms with Crippen molar-refractivity contribution in [3.05, 3.63) is 52.3 Å². The molecule has 0 aliphatic carbocycles. The molecule has 2 heterocycles. The summed E-state index contributed by atoms with van der Waals surface area (Å²) in [5.74, 6) is -0.0985. The number of hydrogen-bond acceptors (Lipinski definition) is 2. The molecule has 0 aliphatic rings. The van der Waals surface area contributed by atoms with E-state index in [1.54, 1.807) is 10.8 Å². The van der Waals surface area contributed by atoms with E-state index in [1.165, 1.54) is 0 Å². The van der Waals surface area contributed by atoms with Gasteiger partial charge in [-0.1, -0.05) is 32.4 Å². The van der Waals surface area contributed by atoms with Crippen LogP contribution in [0.15, 0.2) is 36.0 Å². The third kappa shape index (κ3) is 3.15. The molecule has 0 saturated heterocycles. The molecule has 1 N–H and O–H groups in total. The predicted octanol–water partition coefficient (Wildman–Crippen LogP) is 4.84. The normalized spacial score (nSPS) is 12.8. The fraction of sp³-hybridized carbons (Fsp3) is 0.300. The van der Waals surface area contributed by atoms with Crippen molar-refractivity contribution in [1.29, 1.82) is 0 Å². The number of hydrogen-bond donors (Lipinski definition) is 1. The highest BCUT2D eigenvalue weighted by atomic mass is 35.5. The van der Waals surface area contributed by atoms with Crippen molar-refractivity contribution in [1.82, 2.24) is 14.3 Å². The van der Waals surface area contributed by atoms with E-state index in [2.05, 4.69) is 5.10 Å². The Bertz CT molecular complexity index is 1040. The maximum absolute atomic E-state index is 11.8. The van der Waals surface area contributed by atoms with E-state index < -0.39 is 11.4 Å². The van der Waals surface area contributed by atoms with Gasteiger partial charge >= 0.3 is 5.97 Å². The first kappa shape index (κ1) is 18.3. The molecule has 0 aliphatic heterocycles. The Morgan fingerprint density at radius 1 is 1.27 bits per heavy atom. The van der Waals surface area contributed by atoms with Crippen molar-refractivity contribution in [2.45, 2.75) is 27.7 Å². The van der Waals surface area contributed by atoms with Crippen LogP contribution in [-0.2, 0) is 11.8 Å². The minimum Gasteiger partial charge on any atom is -0.478 e. The van der Waals surface area contributed by atoms with Gasteiger partial charge < -0.3 is 9.67 Å². The van der Waals surface area contributed by atoms with Gasteiger partial charge in [-0.25, -0.2) is 4.79 Å². The fourth-order valence-corrected chi connectivity index (χ4v) is 3.34. The van der Waals surface area contributed by atoms with Crippen LogP contribution in [0, 0.1) is 12.3 Å². The Labute approximate surface area is 157 Å². The first-order valence-corrected chi connectivity index (χ1v) is 8.73. The smallest absolute Gasteiger partial charge is 0.332 e. The number of nitrogens with zero attached hydrogens (tertiary/aromatic N) is 3. The summed E-state index contributed by atoms with van der Waals surface area (Å²) in [5, 5.41) is 15.9. The second-order valence-electron chi connectivity index (χ2n) is 7.45. The maximum atomic E-state index is 11.8. The molecule has 0 amide bonds. The summed E-state index contributed by atoms with van der Waals surface area (Å²) in [6.45, 7) is 7.57. The molecule has 0 bridgehead atoms. The molecule has 0 unspecified atom stereocenters. The Hall–Kier alpha value is -2.53. The molecule has 5 nitrogen and oxygen atoms in total. The maximum Gasteiger partial charge on any atom is 0.332 e. The molecule has 0 fully saturated rings. The molecule has 26 heavy (non-hydrogen) atoms. The molecule has 2 aromatic heterocycles. The molecule has 0 atom stereocenters. The van der Waals surface area contributed by atoms with Gasteiger partial charge in [0, 0.05) is 34.8 Å². The number of benzene rings is 1. The number of aliphatic carboxylic acids is 1. The topological polar surface area (TPSA) is 60.0 Å². The van der Waals surface area contributed by atoms with Gasteiger partial charge in [0.15, 0.2) is 0 Å². The van der Waals surface area contributed by atoms with E-state index in [0.29, 0.717) is 10.6 Å². The van der Waals surface area contributed by atoms with E-state index >= 15 is 0 Å². The SMILES string of the molecule is Cc1nn(C)c(-n2ccc3cc(Cl)ccc32)c1C=C(C(=O)O)C(C)(C)C. The zero-order valence-electron chi connectivity index (χ0n) is 15.5. The summed E-state index contributed by atoms with van der Waals surface area (Å²) in [6.07, 6.45) is 3.69. The van der Waals surface area contributed by atoms with Crippen molar-refractivity contribution in [2.24, 2.45) is 12.5 Å². The van der Waals surface area contributed by atoms with Crippen LogP contribution >= 0.6 is 11.6 Å². The van der Waals surface area contributed by atoms with Gasteiger partial charge in [-0.05, 0) is 42.7 Å². The summed E-state index contributed by atoms with van der Waals surface area (Å²) in [4.78, 5) is 11.8. The van der Waals surface area contributed by atoms with E-state index in [4.69, 9.17) is 11.6 Å². The number of carboxylic acid groups (broad SMARTS) is 1.